The number of carboxylic acid groups (broad SMARTS) is 1. The maximum absolute atomic E-state index is 11.6. The highest BCUT2D eigenvalue weighted by molar-refractivity contribution is 5.92. The molecular formula is C33H33N5O4. The highest BCUT2D eigenvalue weighted by Gasteiger charge is 2.26. The first-order chi connectivity index (χ1) is 20.6. The van der Waals surface area contributed by atoms with Crippen LogP contribution in [0.25, 0.3) is 21.9 Å². The molecule has 42 heavy (non-hydrogen) atoms. The number of rotatable bonds is 9. The zero-order valence-electron chi connectivity index (χ0n) is 23.4. The summed E-state index contributed by atoms with van der Waals surface area (Å²) in [6.07, 6.45) is 4.97. The monoisotopic (exact) mass is 563 g/mol. The molecule has 214 valence electrons. The molecule has 2 aliphatic heterocycles. The maximum Gasteiger partial charge on any atom is 0.335 e. The third-order valence-electron chi connectivity index (χ3n) is 8.46. The van der Waals surface area contributed by atoms with Crippen LogP contribution < -0.4 is 4.74 Å². The molecule has 5 heterocycles. The SMILES string of the molecule is O=C(O)c1ccc2nc(CN3CCC(c4cccc(OCc5cccc6cccnc56)n4)CC3)n(CC3CCO3)c2c1. The van der Waals surface area contributed by atoms with Crippen LogP contribution in [-0.2, 0) is 24.4 Å². The number of piperidine rings is 1. The van der Waals surface area contributed by atoms with Gasteiger partial charge in [-0.25, -0.2) is 14.8 Å². The number of hydrogen-bond acceptors (Lipinski definition) is 7. The van der Waals surface area contributed by atoms with Gasteiger partial charge >= 0.3 is 5.97 Å². The van der Waals surface area contributed by atoms with Gasteiger partial charge in [0.15, 0.2) is 0 Å². The van der Waals surface area contributed by atoms with Crippen LogP contribution in [0.15, 0.2) is 72.9 Å². The predicted molar refractivity (Wildman–Crippen MR) is 159 cm³/mol. The predicted octanol–water partition coefficient (Wildman–Crippen LogP) is 5.43. The number of benzene rings is 2. The van der Waals surface area contributed by atoms with E-state index in [9.17, 15) is 9.90 Å². The number of imidazole rings is 1. The van der Waals surface area contributed by atoms with Gasteiger partial charge in [0.1, 0.15) is 12.4 Å². The average Bonchev–Trinajstić information content (AvgIpc) is 3.34. The summed E-state index contributed by atoms with van der Waals surface area (Å²) < 4.78 is 14.0. The number of carboxylic acids is 1. The fourth-order valence-corrected chi connectivity index (χ4v) is 6.02. The number of fused-ring (bicyclic) bond motifs is 2. The number of pyridine rings is 2. The zero-order valence-corrected chi connectivity index (χ0v) is 23.4. The van der Waals surface area contributed by atoms with Crippen LogP contribution in [0.3, 0.4) is 0 Å². The summed E-state index contributed by atoms with van der Waals surface area (Å²) in [6.45, 7) is 4.47. The van der Waals surface area contributed by atoms with Gasteiger partial charge in [0.25, 0.3) is 0 Å². The van der Waals surface area contributed by atoms with E-state index in [1.165, 1.54) is 0 Å². The second kappa shape index (κ2) is 11.5. The Morgan fingerprint density at radius 2 is 1.83 bits per heavy atom. The summed E-state index contributed by atoms with van der Waals surface area (Å²) in [7, 11) is 0. The lowest BCUT2D eigenvalue weighted by atomic mass is 9.93. The van der Waals surface area contributed by atoms with Gasteiger partial charge in [0.2, 0.25) is 5.88 Å². The average molecular weight is 564 g/mol. The molecule has 1 atom stereocenters. The molecule has 2 saturated heterocycles. The van der Waals surface area contributed by atoms with E-state index >= 15 is 0 Å². The molecular weight excluding hydrogens is 530 g/mol. The molecule has 1 unspecified atom stereocenters. The van der Waals surface area contributed by atoms with Crippen LogP contribution in [0.5, 0.6) is 5.88 Å². The molecule has 1 N–H and O–H groups in total. The van der Waals surface area contributed by atoms with E-state index in [1.807, 2.05) is 42.6 Å². The van der Waals surface area contributed by atoms with Gasteiger partial charge in [-0.2, -0.15) is 0 Å². The summed E-state index contributed by atoms with van der Waals surface area (Å²) in [5.74, 6) is 1.03. The molecule has 9 nitrogen and oxygen atoms in total. The molecule has 0 saturated carbocycles. The van der Waals surface area contributed by atoms with E-state index in [4.69, 9.17) is 19.4 Å². The second-order valence-electron chi connectivity index (χ2n) is 11.2. The van der Waals surface area contributed by atoms with E-state index < -0.39 is 5.97 Å². The molecule has 0 radical (unpaired) electrons. The Kier molecular flexibility index (Phi) is 7.27. The molecule has 2 fully saturated rings. The minimum absolute atomic E-state index is 0.151. The Balaban J connectivity index is 1.01. The van der Waals surface area contributed by atoms with Gasteiger partial charge < -0.3 is 19.1 Å². The maximum atomic E-state index is 11.6. The summed E-state index contributed by atoms with van der Waals surface area (Å²) in [5.41, 5.74) is 5.03. The second-order valence-corrected chi connectivity index (χ2v) is 11.2. The first-order valence-electron chi connectivity index (χ1n) is 14.6. The Morgan fingerprint density at radius 1 is 1.00 bits per heavy atom. The van der Waals surface area contributed by atoms with Crippen LogP contribution >= 0.6 is 0 Å². The van der Waals surface area contributed by atoms with Crippen LogP contribution in [0.1, 0.15) is 52.6 Å². The molecule has 3 aromatic heterocycles. The number of likely N-dealkylation sites (tertiary alicyclic amines) is 1. The van der Waals surface area contributed by atoms with Gasteiger partial charge in [0, 0.05) is 41.4 Å². The Morgan fingerprint density at radius 3 is 2.64 bits per heavy atom. The molecule has 2 aliphatic rings. The third kappa shape index (κ3) is 5.45. The number of nitrogens with zero attached hydrogens (tertiary/aromatic N) is 5. The lowest BCUT2D eigenvalue weighted by Crippen LogP contribution is -2.35. The van der Waals surface area contributed by atoms with Crippen LogP contribution in [0.2, 0.25) is 0 Å². The molecule has 0 aliphatic carbocycles. The van der Waals surface area contributed by atoms with Crippen molar-refractivity contribution in [2.75, 3.05) is 19.7 Å². The molecule has 0 bridgehead atoms. The van der Waals surface area contributed by atoms with Crippen molar-refractivity contribution in [3.8, 4) is 5.88 Å². The number of ether oxygens (including phenoxy) is 2. The van der Waals surface area contributed by atoms with Gasteiger partial charge in [-0.1, -0.05) is 30.3 Å². The summed E-state index contributed by atoms with van der Waals surface area (Å²) >= 11 is 0. The summed E-state index contributed by atoms with van der Waals surface area (Å²) in [5, 5.41) is 10.6. The molecule has 9 heteroatoms. The molecule has 0 amide bonds. The quantitative estimate of drug-likeness (QED) is 0.254. The van der Waals surface area contributed by atoms with Crippen molar-refractivity contribution in [1.29, 1.82) is 0 Å². The lowest BCUT2D eigenvalue weighted by molar-refractivity contribution is -0.0592. The number of para-hydroxylation sites is 1. The van der Waals surface area contributed by atoms with E-state index in [-0.39, 0.29) is 11.7 Å². The molecule has 0 spiro atoms. The van der Waals surface area contributed by atoms with Gasteiger partial charge in [-0.3, -0.25) is 9.88 Å². The smallest absolute Gasteiger partial charge is 0.335 e. The Hall–Kier alpha value is -4.34. The van der Waals surface area contributed by atoms with E-state index in [0.717, 1.165) is 78.0 Å². The van der Waals surface area contributed by atoms with Crippen molar-refractivity contribution in [3.63, 3.8) is 0 Å². The fraction of sp³-hybridized carbons (Fsp3) is 0.333. The van der Waals surface area contributed by atoms with Crippen LogP contribution in [-0.4, -0.2) is 61.3 Å². The highest BCUT2D eigenvalue weighted by Crippen LogP contribution is 2.30. The van der Waals surface area contributed by atoms with E-state index in [0.29, 0.717) is 31.5 Å². The fourth-order valence-electron chi connectivity index (χ4n) is 6.02. The normalized spacial score (nSPS) is 17.9. The Bertz CT molecular complexity index is 1730. The van der Waals surface area contributed by atoms with Crippen molar-refractivity contribution in [2.24, 2.45) is 0 Å². The van der Waals surface area contributed by atoms with E-state index in [1.54, 1.807) is 12.1 Å². The third-order valence-corrected chi connectivity index (χ3v) is 8.46. The van der Waals surface area contributed by atoms with Crippen LogP contribution in [0, 0.1) is 0 Å². The molecule has 5 aromatic rings. The van der Waals surface area contributed by atoms with Crippen molar-refractivity contribution in [1.82, 2.24) is 24.4 Å². The number of aromatic carboxylic acids is 1. The first-order valence-corrected chi connectivity index (χ1v) is 14.6. The molecule has 2 aromatic carbocycles. The highest BCUT2D eigenvalue weighted by atomic mass is 16.5. The Labute approximate surface area is 243 Å². The number of aromatic nitrogens is 4. The number of carbonyl (C=O) groups is 1. The summed E-state index contributed by atoms with van der Waals surface area (Å²) in [4.78, 5) is 28.4. The summed E-state index contributed by atoms with van der Waals surface area (Å²) in [6, 6.07) is 21.4. The standard InChI is InChI=1S/C33H33N5O4/c39-33(40)24-9-10-28-29(18-24)38(19-26-13-17-41-26)30(35-28)20-37-15-11-22(12-16-37)27-7-2-8-31(36-27)42-21-25-5-1-4-23-6-3-14-34-32(23)25/h1-10,14,18,22,26H,11-13,15-17,19-21H2,(H,39,40). The lowest BCUT2D eigenvalue weighted by Gasteiger charge is -2.32. The van der Waals surface area contributed by atoms with Gasteiger partial charge in [-0.15, -0.1) is 0 Å². The van der Waals surface area contributed by atoms with Gasteiger partial charge in [-0.05, 0) is 62.7 Å². The minimum atomic E-state index is -0.929. The van der Waals surface area contributed by atoms with Crippen molar-refractivity contribution in [2.45, 2.75) is 51.0 Å². The van der Waals surface area contributed by atoms with Crippen molar-refractivity contribution < 1.29 is 19.4 Å². The van der Waals surface area contributed by atoms with Crippen molar-refractivity contribution in [3.05, 3.63) is 95.6 Å². The van der Waals surface area contributed by atoms with Crippen molar-refractivity contribution >= 4 is 27.9 Å². The number of hydrogen-bond donors (Lipinski definition) is 1. The largest absolute Gasteiger partial charge is 0.478 e. The minimum Gasteiger partial charge on any atom is -0.478 e. The molecule has 7 rings (SSSR count). The zero-order chi connectivity index (χ0) is 28.5. The van der Waals surface area contributed by atoms with Crippen LogP contribution in [0.4, 0.5) is 0 Å². The van der Waals surface area contributed by atoms with E-state index in [2.05, 4.69) is 32.7 Å². The first kappa shape index (κ1) is 26.6. The topological polar surface area (TPSA) is 103 Å². The van der Waals surface area contributed by atoms with Gasteiger partial charge in [0.05, 0.1) is 41.3 Å².